The minimum absolute atomic E-state index is 0.0320. The minimum atomic E-state index is -3.24. The third-order valence-electron chi connectivity index (χ3n) is 5.39. The Morgan fingerprint density at radius 2 is 2.00 bits per heavy atom. The highest BCUT2D eigenvalue weighted by Crippen LogP contribution is 2.61. The molecule has 2 saturated carbocycles. The van der Waals surface area contributed by atoms with Gasteiger partial charge < -0.3 is 5.32 Å². The number of sulfone groups is 1. The molecule has 2 fully saturated rings. The zero-order valence-electron chi connectivity index (χ0n) is 11.9. The van der Waals surface area contributed by atoms with Gasteiger partial charge in [0.25, 0.3) is 0 Å². The molecule has 1 N–H and O–H groups in total. The topological polar surface area (TPSA) is 46.2 Å². The molecule has 1 aromatic carbocycles. The Kier molecular flexibility index (Phi) is 2.95. The summed E-state index contributed by atoms with van der Waals surface area (Å²) in [7, 11) is -3.24. The molecule has 0 saturated heterocycles. The number of hydrogen-bond donors (Lipinski definition) is 1. The number of fused-ring (bicyclic) bond motifs is 1. The first-order chi connectivity index (χ1) is 10.0. The van der Waals surface area contributed by atoms with Gasteiger partial charge in [-0.2, -0.15) is 0 Å². The predicted octanol–water partition coefficient (Wildman–Crippen LogP) is 2.82. The van der Waals surface area contributed by atoms with Crippen molar-refractivity contribution in [1.82, 2.24) is 5.32 Å². The fraction of sp³-hybridized carbons (Fsp3) is 0.625. The summed E-state index contributed by atoms with van der Waals surface area (Å²) in [5.74, 6) is 0.657. The Hall–Kier alpha value is -0.940. The van der Waals surface area contributed by atoms with Gasteiger partial charge in [-0.1, -0.05) is 0 Å². The monoisotopic (exact) mass is 309 g/mol. The predicted molar refractivity (Wildman–Crippen MR) is 78.2 cm³/mol. The molecule has 0 radical (unpaired) electrons. The van der Waals surface area contributed by atoms with Crippen LogP contribution in [0.2, 0.25) is 0 Å². The van der Waals surface area contributed by atoms with E-state index in [2.05, 4.69) is 5.32 Å². The van der Waals surface area contributed by atoms with Crippen LogP contribution in [0.5, 0.6) is 0 Å². The van der Waals surface area contributed by atoms with E-state index in [0.717, 1.165) is 12.5 Å². The number of benzene rings is 1. The SMILES string of the molecule is O=S1(=O)CCC(NCC2(C3CC3)CC2)c2cc(F)ccc21. The summed E-state index contributed by atoms with van der Waals surface area (Å²) in [6.45, 7) is 0.943. The molecule has 0 aromatic heterocycles. The summed E-state index contributed by atoms with van der Waals surface area (Å²) in [6.07, 6.45) is 5.79. The molecule has 1 heterocycles. The quantitative estimate of drug-likeness (QED) is 0.870. The first kappa shape index (κ1) is 13.7. The fourth-order valence-corrected chi connectivity index (χ4v) is 5.34. The first-order valence-corrected chi connectivity index (χ1v) is 9.41. The van der Waals surface area contributed by atoms with Crippen LogP contribution in [0.25, 0.3) is 0 Å². The number of nitrogens with one attached hydrogen (secondary N) is 1. The summed E-state index contributed by atoms with van der Waals surface area (Å²) < 4.78 is 37.7. The lowest BCUT2D eigenvalue weighted by Crippen LogP contribution is -2.34. The third kappa shape index (κ3) is 2.40. The second-order valence-corrected chi connectivity index (χ2v) is 8.94. The molecular weight excluding hydrogens is 289 g/mol. The molecule has 1 unspecified atom stereocenters. The van der Waals surface area contributed by atoms with E-state index >= 15 is 0 Å². The molecule has 1 aliphatic heterocycles. The highest BCUT2D eigenvalue weighted by molar-refractivity contribution is 7.91. The number of rotatable bonds is 4. The van der Waals surface area contributed by atoms with Crippen LogP contribution in [0.4, 0.5) is 4.39 Å². The molecule has 4 rings (SSSR count). The van der Waals surface area contributed by atoms with Crippen LogP contribution in [0, 0.1) is 17.2 Å². The summed E-state index contributed by atoms with van der Waals surface area (Å²) in [5, 5.41) is 3.54. The Bertz CT molecular complexity index is 678. The van der Waals surface area contributed by atoms with Gasteiger partial charge in [0, 0.05) is 12.6 Å². The van der Waals surface area contributed by atoms with Crippen molar-refractivity contribution in [3.05, 3.63) is 29.6 Å². The molecule has 114 valence electrons. The number of halogens is 1. The highest BCUT2D eigenvalue weighted by Gasteiger charge is 2.53. The van der Waals surface area contributed by atoms with Gasteiger partial charge in [0.1, 0.15) is 5.82 Å². The standard InChI is InChI=1S/C16H20FNO2S/c17-12-3-4-15-13(9-12)14(5-8-21(15,19)20)18-10-16(6-7-16)11-1-2-11/h3-4,9,11,14,18H,1-2,5-8,10H2. The third-order valence-corrected chi connectivity index (χ3v) is 7.21. The van der Waals surface area contributed by atoms with E-state index in [1.165, 1.54) is 43.9 Å². The molecule has 3 nitrogen and oxygen atoms in total. The van der Waals surface area contributed by atoms with Gasteiger partial charge in [-0.25, -0.2) is 12.8 Å². The van der Waals surface area contributed by atoms with Crippen LogP contribution in [-0.2, 0) is 9.84 Å². The van der Waals surface area contributed by atoms with Gasteiger partial charge >= 0.3 is 0 Å². The molecule has 21 heavy (non-hydrogen) atoms. The van der Waals surface area contributed by atoms with Gasteiger partial charge in [-0.3, -0.25) is 0 Å². The minimum Gasteiger partial charge on any atom is -0.309 e. The van der Waals surface area contributed by atoms with Crippen LogP contribution in [-0.4, -0.2) is 20.7 Å². The van der Waals surface area contributed by atoms with E-state index in [0.29, 0.717) is 22.3 Å². The Morgan fingerprint density at radius 3 is 2.67 bits per heavy atom. The maximum absolute atomic E-state index is 13.5. The van der Waals surface area contributed by atoms with E-state index in [9.17, 15) is 12.8 Å². The summed E-state index contributed by atoms with van der Waals surface area (Å²) in [6, 6.07) is 4.02. The number of hydrogen-bond acceptors (Lipinski definition) is 3. The van der Waals surface area contributed by atoms with Crippen LogP contribution in [0.3, 0.4) is 0 Å². The largest absolute Gasteiger partial charge is 0.309 e. The van der Waals surface area contributed by atoms with Crippen molar-refractivity contribution < 1.29 is 12.8 Å². The van der Waals surface area contributed by atoms with Crippen molar-refractivity contribution in [2.24, 2.45) is 11.3 Å². The Morgan fingerprint density at radius 1 is 1.24 bits per heavy atom. The van der Waals surface area contributed by atoms with Crippen molar-refractivity contribution in [3.8, 4) is 0 Å². The van der Waals surface area contributed by atoms with Crippen LogP contribution in [0.1, 0.15) is 43.7 Å². The van der Waals surface area contributed by atoms with Gasteiger partial charge in [-0.05, 0) is 67.2 Å². The van der Waals surface area contributed by atoms with Crippen molar-refractivity contribution in [2.45, 2.75) is 43.0 Å². The second-order valence-electron chi connectivity index (χ2n) is 6.86. The van der Waals surface area contributed by atoms with E-state index in [-0.39, 0.29) is 17.6 Å². The summed E-state index contributed by atoms with van der Waals surface area (Å²) in [5.41, 5.74) is 1.08. The zero-order valence-corrected chi connectivity index (χ0v) is 12.8. The van der Waals surface area contributed by atoms with Crippen LogP contribution < -0.4 is 5.32 Å². The van der Waals surface area contributed by atoms with E-state index < -0.39 is 9.84 Å². The smallest absolute Gasteiger partial charge is 0.178 e. The van der Waals surface area contributed by atoms with Gasteiger partial charge in [-0.15, -0.1) is 0 Å². The maximum atomic E-state index is 13.5. The Labute approximate surface area is 124 Å². The second kappa shape index (κ2) is 4.53. The van der Waals surface area contributed by atoms with Crippen molar-refractivity contribution in [3.63, 3.8) is 0 Å². The molecule has 1 aromatic rings. The average Bonchev–Trinajstić information content (AvgIpc) is 3.30. The lowest BCUT2D eigenvalue weighted by Gasteiger charge is -2.28. The Balaban J connectivity index is 1.58. The molecule has 5 heteroatoms. The van der Waals surface area contributed by atoms with Gasteiger partial charge in [0.2, 0.25) is 0 Å². The maximum Gasteiger partial charge on any atom is 0.178 e. The molecule has 2 aliphatic carbocycles. The highest BCUT2D eigenvalue weighted by atomic mass is 32.2. The fourth-order valence-electron chi connectivity index (χ4n) is 3.74. The first-order valence-electron chi connectivity index (χ1n) is 7.76. The molecule has 0 bridgehead atoms. The normalized spacial score (nSPS) is 28.9. The summed E-state index contributed by atoms with van der Waals surface area (Å²) in [4.78, 5) is 0.309. The van der Waals surface area contributed by atoms with Crippen LogP contribution in [0.15, 0.2) is 23.1 Å². The van der Waals surface area contributed by atoms with E-state index in [4.69, 9.17) is 0 Å². The molecule has 0 spiro atoms. The van der Waals surface area contributed by atoms with E-state index in [1.54, 1.807) is 0 Å². The van der Waals surface area contributed by atoms with Crippen LogP contribution >= 0.6 is 0 Å². The lowest BCUT2D eigenvalue weighted by atomic mass is 9.98. The van der Waals surface area contributed by atoms with Crippen molar-refractivity contribution >= 4 is 9.84 Å². The van der Waals surface area contributed by atoms with Gasteiger partial charge in [0.15, 0.2) is 9.84 Å². The molecule has 0 amide bonds. The molecular formula is C16H20FNO2S. The molecule has 3 aliphatic rings. The van der Waals surface area contributed by atoms with Crippen molar-refractivity contribution in [2.75, 3.05) is 12.3 Å². The average molecular weight is 309 g/mol. The summed E-state index contributed by atoms with van der Waals surface area (Å²) >= 11 is 0. The van der Waals surface area contributed by atoms with Crippen molar-refractivity contribution in [1.29, 1.82) is 0 Å². The molecule has 1 atom stereocenters. The van der Waals surface area contributed by atoms with E-state index in [1.807, 2.05) is 0 Å². The van der Waals surface area contributed by atoms with Gasteiger partial charge in [0.05, 0.1) is 10.6 Å². The zero-order chi connectivity index (χ0) is 14.7. The lowest BCUT2D eigenvalue weighted by molar-refractivity contribution is 0.365.